The molecule has 0 aliphatic carbocycles. The van der Waals surface area contributed by atoms with Gasteiger partial charge in [-0.3, -0.25) is 9.69 Å². The van der Waals surface area contributed by atoms with E-state index in [1.54, 1.807) is 32.4 Å². The second kappa shape index (κ2) is 9.37. The summed E-state index contributed by atoms with van der Waals surface area (Å²) in [5.74, 6) is 1.12. The topological polar surface area (TPSA) is 60.0 Å². The first-order valence-electron chi connectivity index (χ1n) is 8.04. The molecule has 1 aliphatic heterocycles. The zero-order valence-corrected chi connectivity index (χ0v) is 14.0. The number of carbonyl (C=O) groups excluding carboxylic acids is 1. The summed E-state index contributed by atoms with van der Waals surface area (Å²) >= 11 is 0. The summed E-state index contributed by atoms with van der Waals surface area (Å²) in [6.45, 7) is 5.41. The average Bonchev–Trinajstić information content (AvgIpc) is 2.61. The smallest absolute Gasteiger partial charge is 0.251 e. The lowest BCUT2D eigenvalue weighted by Crippen LogP contribution is -2.37. The van der Waals surface area contributed by atoms with Gasteiger partial charge in [0.1, 0.15) is 11.5 Å². The molecule has 1 aromatic rings. The van der Waals surface area contributed by atoms with Crippen LogP contribution >= 0.6 is 0 Å². The highest BCUT2D eigenvalue weighted by Gasteiger charge is 2.11. The van der Waals surface area contributed by atoms with Gasteiger partial charge in [-0.2, -0.15) is 0 Å². The third-order valence-electron chi connectivity index (χ3n) is 3.90. The Kier molecular flexibility index (Phi) is 7.16. The van der Waals surface area contributed by atoms with Gasteiger partial charge in [0.2, 0.25) is 0 Å². The van der Waals surface area contributed by atoms with Crippen molar-refractivity contribution in [3.8, 4) is 11.5 Å². The number of methoxy groups -OCH3 is 2. The maximum atomic E-state index is 12.2. The van der Waals surface area contributed by atoms with Crippen molar-refractivity contribution in [3.63, 3.8) is 0 Å². The number of amides is 1. The van der Waals surface area contributed by atoms with Crippen LogP contribution in [0, 0.1) is 0 Å². The molecular weight excluding hydrogens is 296 g/mol. The molecular formula is C17H26N2O4. The van der Waals surface area contributed by atoms with Crippen molar-refractivity contribution in [1.82, 2.24) is 10.2 Å². The number of ether oxygens (including phenoxy) is 3. The number of morpholine rings is 1. The second-order valence-corrected chi connectivity index (χ2v) is 5.52. The van der Waals surface area contributed by atoms with E-state index in [1.165, 1.54) is 0 Å². The lowest BCUT2D eigenvalue weighted by molar-refractivity contribution is 0.0372. The highest BCUT2D eigenvalue weighted by atomic mass is 16.5. The number of carbonyl (C=O) groups is 1. The molecule has 1 N–H and O–H groups in total. The van der Waals surface area contributed by atoms with Gasteiger partial charge in [-0.15, -0.1) is 0 Å². The Morgan fingerprint density at radius 3 is 2.39 bits per heavy atom. The Labute approximate surface area is 137 Å². The standard InChI is InChI=1S/C17H26N2O4/c1-21-15-11-14(12-16(13-15)22-2)17(20)18-5-3-4-6-19-7-9-23-10-8-19/h11-13H,3-10H2,1-2H3,(H,18,20). The zero-order valence-electron chi connectivity index (χ0n) is 14.0. The Bertz CT molecular complexity index is 479. The molecule has 1 saturated heterocycles. The van der Waals surface area contributed by atoms with Crippen LogP contribution in [0.15, 0.2) is 18.2 Å². The van der Waals surface area contributed by atoms with Crippen molar-refractivity contribution >= 4 is 5.91 Å². The van der Waals surface area contributed by atoms with Crippen molar-refractivity contribution in [2.45, 2.75) is 12.8 Å². The van der Waals surface area contributed by atoms with Crippen LogP contribution in [0.4, 0.5) is 0 Å². The molecule has 1 heterocycles. The molecule has 0 spiro atoms. The molecule has 0 aromatic heterocycles. The molecule has 1 amide bonds. The monoisotopic (exact) mass is 322 g/mol. The molecule has 6 heteroatoms. The van der Waals surface area contributed by atoms with E-state index in [0.717, 1.165) is 45.7 Å². The third kappa shape index (κ3) is 5.73. The fourth-order valence-corrected chi connectivity index (χ4v) is 2.53. The summed E-state index contributed by atoms with van der Waals surface area (Å²) in [6, 6.07) is 5.18. The molecule has 0 saturated carbocycles. The van der Waals surface area contributed by atoms with Crippen molar-refractivity contribution in [1.29, 1.82) is 0 Å². The first kappa shape index (κ1) is 17.6. The van der Waals surface area contributed by atoms with Crippen LogP contribution in [0.3, 0.4) is 0 Å². The maximum Gasteiger partial charge on any atom is 0.251 e. The van der Waals surface area contributed by atoms with Crippen LogP contribution in [-0.2, 0) is 4.74 Å². The second-order valence-electron chi connectivity index (χ2n) is 5.52. The van der Waals surface area contributed by atoms with Crippen LogP contribution in [0.1, 0.15) is 23.2 Å². The lowest BCUT2D eigenvalue weighted by atomic mass is 10.2. The molecule has 1 fully saturated rings. The quantitative estimate of drug-likeness (QED) is 0.736. The van der Waals surface area contributed by atoms with E-state index in [-0.39, 0.29) is 5.91 Å². The average molecular weight is 322 g/mol. The SMILES string of the molecule is COc1cc(OC)cc(C(=O)NCCCCN2CCOCC2)c1. The van der Waals surface area contributed by atoms with Crippen molar-refractivity contribution in [3.05, 3.63) is 23.8 Å². The first-order valence-corrected chi connectivity index (χ1v) is 8.04. The number of hydrogen-bond donors (Lipinski definition) is 1. The summed E-state index contributed by atoms with van der Waals surface area (Å²) in [6.07, 6.45) is 2.03. The van der Waals surface area contributed by atoms with Crippen LogP contribution in [0.25, 0.3) is 0 Å². The molecule has 0 atom stereocenters. The maximum absolute atomic E-state index is 12.2. The Balaban J connectivity index is 1.71. The number of benzene rings is 1. The van der Waals surface area contributed by atoms with E-state index in [2.05, 4.69) is 10.2 Å². The van der Waals surface area contributed by atoms with E-state index >= 15 is 0 Å². The van der Waals surface area contributed by atoms with E-state index in [9.17, 15) is 4.79 Å². The Morgan fingerprint density at radius 2 is 1.78 bits per heavy atom. The molecule has 23 heavy (non-hydrogen) atoms. The summed E-state index contributed by atoms with van der Waals surface area (Å²) in [7, 11) is 3.14. The van der Waals surface area contributed by atoms with Crippen LogP contribution in [0.5, 0.6) is 11.5 Å². The van der Waals surface area contributed by atoms with Gasteiger partial charge < -0.3 is 19.5 Å². The van der Waals surface area contributed by atoms with Gasteiger partial charge >= 0.3 is 0 Å². The van der Waals surface area contributed by atoms with Gasteiger partial charge in [0, 0.05) is 31.3 Å². The summed E-state index contributed by atoms with van der Waals surface area (Å²) < 4.78 is 15.7. The molecule has 6 nitrogen and oxygen atoms in total. The summed E-state index contributed by atoms with van der Waals surface area (Å²) in [4.78, 5) is 14.6. The first-order chi connectivity index (χ1) is 11.2. The lowest BCUT2D eigenvalue weighted by Gasteiger charge is -2.26. The Morgan fingerprint density at radius 1 is 1.13 bits per heavy atom. The molecule has 128 valence electrons. The predicted molar refractivity (Wildman–Crippen MR) is 88.4 cm³/mol. The van der Waals surface area contributed by atoms with E-state index in [0.29, 0.717) is 23.6 Å². The minimum atomic E-state index is -0.103. The van der Waals surface area contributed by atoms with Gasteiger partial charge in [-0.05, 0) is 31.5 Å². The number of nitrogens with zero attached hydrogens (tertiary/aromatic N) is 1. The highest BCUT2D eigenvalue weighted by molar-refractivity contribution is 5.95. The van der Waals surface area contributed by atoms with Crippen molar-refractivity contribution in [2.24, 2.45) is 0 Å². The highest BCUT2D eigenvalue weighted by Crippen LogP contribution is 2.22. The molecule has 0 unspecified atom stereocenters. The van der Waals surface area contributed by atoms with Crippen LogP contribution in [-0.4, -0.2) is 64.4 Å². The van der Waals surface area contributed by atoms with Gasteiger partial charge in [0.25, 0.3) is 5.91 Å². The van der Waals surface area contributed by atoms with Crippen LogP contribution < -0.4 is 14.8 Å². The normalized spacial score (nSPS) is 15.2. The van der Waals surface area contributed by atoms with E-state index < -0.39 is 0 Å². The van der Waals surface area contributed by atoms with Gasteiger partial charge in [0.05, 0.1) is 27.4 Å². The van der Waals surface area contributed by atoms with Gasteiger partial charge in [0.15, 0.2) is 0 Å². The minimum absolute atomic E-state index is 0.103. The predicted octanol–water partition coefficient (Wildman–Crippen LogP) is 1.55. The van der Waals surface area contributed by atoms with Gasteiger partial charge in [-0.1, -0.05) is 0 Å². The van der Waals surface area contributed by atoms with Crippen molar-refractivity contribution < 1.29 is 19.0 Å². The molecule has 1 aromatic carbocycles. The van der Waals surface area contributed by atoms with Gasteiger partial charge in [-0.25, -0.2) is 0 Å². The zero-order chi connectivity index (χ0) is 16.5. The van der Waals surface area contributed by atoms with E-state index in [4.69, 9.17) is 14.2 Å². The summed E-state index contributed by atoms with van der Waals surface area (Å²) in [5, 5.41) is 2.95. The number of nitrogens with one attached hydrogen (secondary N) is 1. The fraction of sp³-hybridized carbons (Fsp3) is 0.588. The summed E-state index contributed by atoms with van der Waals surface area (Å²) in [5.41, 5.74) is 0.550. The number of hydrogen-bond acceptors (Lipinski definition) is 5. The molecule has 0 bridgehead atoms. The van der Waals surface area contributed by atoms with E-state index in [1.807, 2.05) is 0 Å². The molecule has 1 aliphatic rings. The fourth-order valence-electron chi connectivity index (χ4n) is 2.53. The molecule has 0 radical (unpaired) electrons. The third-order valence-corrected chi connectivity index (χ3v) is 3.90. The Hall–Kier alpha value is -1.79. The minimum Gasteiger partial charge on any atom is -0.497 e. The number of unbranched alkanes of at least 4 members (excludes halogenated alkanes) is 1. The largest absolute Gasteiger partial charge is 0.497 e. The van der Waals surface area contributed by atoms with Crippen LogP contribution in [0.2, 0.25) is 0 Å². The molecule has 2 rings (SSSR count). The van der Waals surface area contributed by atoms with Crippen molar-refractivity contribution in [2.75, 3.05) is 53.6 Å². The number of rotatable bonds is 8.